The Morgan fingerprint density at radius 2 is 2.19 bits per heavy atom. The summed E-state index contributed by atoms with van der Waals surface area (Å²) >= 11 is 0. The van der Waals surface area contributed by atoms with Crippen molar-refractivity contribution in [1.29, 1.82) is 0 Å². The van der Waals surface area contributed by atoms with Crippen molar-refractivity contribution in [1.82, 2.24) is 9.88 Å². The molecule has 1 atom stereocenters. The highest BCUT2D eigenvalue weighted by molar-refractivity contribution is 5.28. The van der Waals surface area contributed by atoms with Crippen LogP contribution in [0.1, 0.15) is 36.6 Å². The van der Waals surface area contributed by atoms with Gasteiger partial charge in [-0.2, -0.15) is 0 Å². The van der Waals surface area contributed by atoms with Crippen LogP contribution in [0.3, 0.4) is 0 Å². The molecule has 1 aliphatic rings. The van der Waals surface area contributed by atoms with E-state index in [4.69, 9.17) is 4.74 Å². The van der Waals surface area contributed by atoms with Crippen LogP contribution in [0.25, 0.3) is 0 Å². The molecule has 16 heavy (non-hydrogen) atoms. The summed E-state index contributed by atoms with van der Waals surface area (Å²) in [5.74, 6) is 0.708. The first-order valence-electron chi connectivity index (χ1n) is 5.94. The largest absolute Gasteiger partial charge is 0.481 e. The van der Waals surface area contributed by atoms with Crippen molar-refractivity contribution in [2.75, 3.05) is 20.7 Å². The Morgan fingerprint density at radius 1 is 1.38 bits per heavy atom. The summed E-state index contributed by atoms with van der Waals surface area (Å²) in [7, 11) is 3.86. The van der Waals surface area contributed by atoms with Gasteiger partial charge in [0.15, 0.2) is 0 Å². The highest BCUT2D eigenvalue weighted by atomic mass is 16.5. The Labute approximate surface area is 97.4 Å². The second kappa shape index (κ2) is 4.83. The quantitative estimate of drug-likeness (QED) is 0.766. The van der Waals surface area contributed by atoms with Crippen LogP contribution in [0.2, 0.25) is 0 Å². The summed E-state index contributed by atoms with van der Waals surface area (Å²) in [6, 6.07) is 4.66. The summed E-state index contributed by atoms with van der Waals surface area (Å²) in [5, 5.41) is 0. The number of aryl methyl sites for hydroxylation is 1. The van der Waals surface area contributed by atoms with Crippen molar-refractivity contribution in [2.45, 2.75) is 32.2 Å². The zero-order chi connectivity index (χ0) is 11.5. The van der Waals surface area contributed by atoms with E-state index in [0.717, 1.165) is 5.69 Å². The smallest absolute Gasteiger partial charge is 0.213 e. The zero-order valence-electron chi connectivity index (χ0n) is 10.4. The highest BCUT2D eigenvalue weighted by Gasteiger charge is 2.22. The standard InChI is InChI=1S/C13H20N2O/c1-10-11(7-8-13(14-10)16-3)12-6-4-5-9-15(12)2/h7-8,12H,4-6,9H2,1-3H3/t12-/m1/s1. The van der Waals surface area contributed by atoms with Gasteiger partial charge in [0.05, 0.1) is 7.11 Å². The van der Waals surface area contributed by atoms with Crippen molar-refractivity contribution < 1.29 is 4.74 Å². The number of piperidine rings is 1. The number of aromatic nitrogens is 1. The van der Waals surface area contributed by atoms with E-state index in [2.05, 4.69) is 29.9 Å². The lowest BCUT2D eigenvalue weighted by atomic mass is 9.95. The molecule has 1 aromatic heterocycles. The topological polar surface area (TPSA) is 25.4 Å². The average Bonchev–Trinajstić information content (AvgIpc) is 2.30. The third kappa shape index (κ3) is 2.19. The van der Waals surface area contributed by atoms with E-state index in [-0.39, 0.29) is 0 Å². The second-order valence-electron chi connectivity index (χ2n) is 4.52. The molecule has 3 heteroatoms. The summed E-state index contributed by atoms with van der Waals surface area (Å²) < 4.78 is 5.14. The summed E-state index contributed by atoms with van der Waals surface area (Å²) in [6.07, 6.45) is 3.88. The fourth-order valence-corrected chi connectivity index (χ4v) is 2.48. The Bertz CT molecular complexity index is 365. The zero-order valence-corrected chi connectivity index (χ0v) is 10.4. The fraction of sp³-hybridized carbons (Fsp3) is 0.615. The molecule has 2 rings (SSSR count). The maximum absolute atomic E-state index is 5.14. The molecule has 3 nitrogen and oxygen atoms in total. The average molecular weight is 220 g/mol. The first-order valence-corrected chi connectivity index (χ1v) is 5.94. The van der Waals surface area contributed by atoms with Gasteiger partial charge in [0.2, 0.25) is 5.88 Å². The predicted octanol–water partition coefficient (Wildman–Crippen LogP) is 2.56. The van der Waals surface area contributed by atoms with E-state index in [1.807, 2.05) is 6.07 Å². The lowest BCUT2D eigenvalue weighted by Gasteiger charge is -2.33. The van der Waals surface area contributed by atoms with Gasteiger partial charge in [-0.05, 0) is 38.9 Å². The Balaban J connectivity index is 2.25. The molecule has 0 spiro atoms. The molecule has 0 unspecified atom stereocenters. The van der Waals surface area contributed by atoms with Crippen LogP contribution >= 0.6 is 0 Å². The third-order valence-corrected chi connectivity index (χ3v) is 3.44. The molecule has 88 valence electrons. The van der Waals surface area contributed by atoms with Crippen LogP contribution in [0.15, 0.2) is 12.1 Å². The minimum Gasteiger partial charge on any atom is -0.481 e. The van der Waals surface area contributed by atoms with Crippen LogP contribution in [0.5, 0.6) is 5.88 Å². The van der Waals surface area contributed by atoms with Crippen molar-refractivity contribution in [2.24, 2.45) is 0 Å². The molecule has 1 aliphatic heterocycles. The molecule has 2 heterocycles. The van der Waals surface area contributed by atoms with Gasteiger partial charge in [0.25, 0.3) is 0 Å². The molecule has 0 bridgehead atoms. The Kier molecular flexibility index (Phi) is 3.44. The van der Waals surface area contributed by atoms with Crippen LogP contribution in [0, 0.1) is 6.92 Å². The molecule has 0 radical (unpaired) electrons. The lowest BCUT2D eigenvalue weighted by Crippen LogP contribution is -2.30. The van der Waals surface area contributed by atoms with Gasteiger partial charge < -0.3 is 4.74 Å². The Hall–Kier alpha value is -1.09. The van der Waals surface area contributed by atoms with Gasteiger partial charge in [0.1, 0.15) is 0 Å². The minimum atomic E-state index is 0.534. The number of pyridine rings is 1. The molecule has 1 saturated heterocycles. The van der Waals surface area contributed by atoms with Gasteiger partial charge in [-0.25, -0.2) is 4.98 Å². The number of likely N-dealkylation sites (tertiary alicyclic amines) is 1. The first kappa shape index (κ1) is 11.4. The van der Waals surface area contributed by atoms with Crippen LogP contribution in [-0.4, -0.2) is 30.6 Å². The molecular formula is C13H20N2O. The fourth-order valence-electron chi connectivity index (χ4n) is 2.48. The van der Waals surface area contributed by atoms with Crippen molar-refractivity contribution in [3.63, 3.8) is 0 Å². The first-order chi connectivity index (χ1) is 7.72. The van der Waals surface area contributed by atoms with Crippen molar-refractivity contribution in [3.8, 4) is 5.88 Å². The van der Waals surface area contributed by atoms with Crippen molar-refractivity contribution in [3.05, 3.63) is 23.4 Å². The van der Waals surface area contributed by atoms with Gasteiger partial charge in [-0.15, -0.1) is 0 Å². The molecular weight excluding hydrogens is 200 g/mol. The maximum Gasteiger partial charge on any atom is 0.213 e. The van der Waals surface area contributed by atoms with Crippen LogP contribution < -0.4 is 4.74 Å². The third-order valence-electron chi connectivity index (χ3n) is 3.44. The molecule has 0 amide bonds. The molecule has 1 fully saturated rings. The monoisotopic (exact) mass is 220 g/mol. The number of hydrogen-bond acceptors (Lipinski definition) is 3. The van der Waals surface area contributed by atoms with Crippen LogP contribution in [0.4, 0.5) is 0 Å². The van der Waals surface area contributed by atoms with E-state index in [9.17, 15) is 0 Å². The number of nitrogens with zero attached hydrogens (tertiary/aromatic N) is 2. The van der Waals surface area contributed by atoms with Gasteiger partial charge in [-0.3, -0.25) is 4.90 Å². The highest BCUT2D eigenvalue weighted by Crippen LogP contribution is 2.31. The summed E-state index contributed by atoms with van der Waals surface area (Å²) in [4.78, 5) is 6.88. The van der Waals surface area contributed by atoms with Gasteiger partial charge in [-0.1, -0.05) is 12.5 Å². The van der Waals surface area contributed by atoms with Crippen LogP contribution in [-0.2, 0) is 0 Å². The number of hydrogen-bond donors (Lipinski definition) is 0. The minimum absolute atomic E-state index is 0.534. The Morgan fingerprint density at radius 3 is 2.81 bits per heavy atom. The van der Waals surface area contributed by atoms with Gasteiger partial charge in [0, 0.05) is 17.8 Å². The molecule has 0 aliphatic carbocycles. The number of methoxy groups -OCH3 is 1. The van der Waals surface area contributed by atoms with Crippen molar-refractivity contribution >= 4 is 0 Å². The molecule has 1 aromatic rings. The van der Waals surface area contributed by atoms with E-state index < -0.39 is 0 Å². The maximum atomic E-state index is 5.14. The normalized spacial score (nSPS) is 22.1. The molecule has 0 aromatic carbocycles. The molecule has 0 saturated carbocycles. The predicted molar refractivity (Wildman–Crippen MR) is 64.7 cm³/mol. The second-order valence-corrected chi connectivity index (χ2v) is 4.52. The summed E-state index contributed by atoms with van der Waals surface area (Å²) in [6.45, 7) is 3.26. The lowest BCUT2D eigenvalue weighted by molar-refractivity contribution is 0.186. The summed E-state index contributed by atoms with van der Waals surface area (Å²) in [5.41, 5.74) is 2.45. The number of ether oxygens (including phenoxy) is 1. The van der Waals surface area contributed by atoms with E-state index in [1.54, 1.807) is 7.11 Å². The van der Waals surface area contributed by atoms with Gasteiger partial charge >= 0.3 is 0 Å². The van der Waals surface area contributed by atoms with E-state index in [1.165, 1.54) is 31.4 Å². The SMILES string of the molecule is COc1ccc([C@H]2CCCCN2C)c(C)n1. The number of rotatable bonds is 2. The van der Waals surface area contributed by atoms with E-state index >= 15 is 0 Å². The molecule has 0 N–H and O–H groups in total. The van der Waals surface area contributed by atoms with E-state index in [0.29, 0.717) is 11.9 Å².